The number of ether oxygens (including phenoxy) is 1. The van der Waals surface area contributed by atoms with Crippen LogP contribution in [0, 0.1) is 5.92 Å². The number of methoxy groups -OCH3 is 1. The summed E-state index contributed by atoms with van der Waals surface area (Å²) >= 11 is 0. The van der Waals surface area contributed by atoms with E-state index in [9.17, 15) is 4.79 Å². The van der Waals surface area contributed by atoms with E-state index in [1.807, 2.05) is 0 Å². The van der Waals surface area contributed by atoms with Crippen molar-refractivity contribution < 1.29 is 9.53 Å². The van der Waals surface area contributed by atoms with Crippen LogP contribution >= 0.6 is 0 Å². The predicted octanol–water partition coefficient (Wildman–Crippen LogP) is 3.64. The minimum Gasteiger partial charge on any atom is -0.469 e. The normalized spacial score (nSPS) is 25.8. The van der Waals surface area contributed by atoms with Gasteiger partial charge in [-0.25, -0.2) is 0 Å². The minimum absolute atomic E-state index is 0.0146. The van der Waals surface area contributed by atoms with Crippen molar-refractivity contribution in [2.75, 3.05) is 20.2 Å². The van der Waals surface area contributed by atoms with E-state index in [-0.39, 0.29) is 11.9 Å². The van der Waals surface area contributed by atoms with E-state index in [0.29, 0.717) is 12.0 Å². The predicted molar refractivity (Wildman–Crippen MR) is 99.9 cm³/mol. The molecular weight excluding hydrogens is 312 g/mol. The molecule has 0 unspecified atom stereocenters. The van der Waals surface area contributed by atoms with E-state index >= 15 is 0 Å². The molecule has 1 aliphatic carbocycles. The van der Waals surface area contributed by atoms with Gasteiger partial charge in [0, 0.05) is 35.1 Å². The van der Waals surface area contributed by atoms with E-state index in [0.717, 1.165) is 38.8 Å². The standard InChI is InChI=1S/C21H28N2O2/c1-4-9-23-12-13(21(24)25-3)10-15-14-7-6-8-18-20(14)16(11-19(15)23)17(5-2)22-18/h6-8,13,15,19,22H,4-5,9-12H2,1-3H3/t13-,15-,19-/m1/s1. The summed E-state index contributed by atoms with van der Waals surface area (Å²) in [5.41, 5.74) is 5.57. The van der Waals surface area contributed by atoms with Crippen LogP contribution in [0.2, 0.25) is 0 Å². The summed E-state index contributed by atoms with van der Waals surface area (Å²) < 4.78 is 5.09. The van der Waals surface area contributed by atoms with Gasteiger partial charge < -0.3 is 9.72 Å². The number of hydrogen-bond donors (Lipinski definition) is 1. The molecule has 1 saturated heterocycles. The molecule has 4 nitrogen and oxygen atoms in total. The number of aromatic nitrogens is 1. The molecule has 0 saturated carbocycles. The van der Waals surface area contributed by atoms with E-state index in [1.165, 1.54) is 34.8 Å². The lowest BCUT2D eigenvalue weighted by molar-refractivity contribution is -0.148. The number of nitrogens with zero attached hydrogens (tertiary/aromatic N) is 1. The van der Waals surface area contributed by atoms with Crippen LogP contribution < -0.4 is 0 Å². The van der Waals surface area contributed by atoms with Gasteiger partial charge in [-0.05, 0) is 49.4 Å². The zero-order chi connectivity index (χ0) is 17.6. The summed E-state index contributed by atoms with van der Waals surface area (Å²) in [5.74, 6) is 0.348. The zero-order valence-corrected chi connectivity index (χ0v) is 15.5. The molecule has 0 amide bonds. The number of carbonyl (C=O) groups is 1. The highest BCUT2D eigenvalue weighted by molar-refractivity contribution is 5.90. The monoisotopic (exact) mass is 340 g/mol. The fourth-order valence-corrected chi connectivity index (χ4v) is 5.14. The Morgan fingerprint density at radius 3 is 2.92 bits per heavy atom. The average molecular weight is 340 g/mol. The lowest BCUT2D eigenvalue weighted by Crippen LogP contribution is -2.51. The molecule has 1 aliphatic heterocycles. The van der Waals surface area contributed by atoms with Crippen molar-refractivity contribution in [1.29, 1.82) is 0 Å². The van der Waals surface area contributed by atoms with Gasteiger partial charge in [-0.3, -0.25) is 9.69 Å². The molecule has 0 spiro atoms. The first-order chi connectivity index (χ1) is 12.2. The number of aryl methyl sites for hydroxylation is 1. The van der Waals surface area contributed by atoms with Crippen LogP contribution in [0.1, 0.15) is 49.4 Å². The van der Waals surface area contributed by atoms with Gasteiger partial charge in [-0.15, -0.1) is 0 Å². The van der Waals surface area contributed by atoms with Gasteiger partial charge >= 0.3 is 5.97 Å². The van der Waals surface area contributed by atoms with Crippen LogP contribution in [0.4, 0.5) is 0 Å². The van der Waals surface area contributed by atoms with Gasteiger partial charge in [0.1, 0.15) is 0 Å². The van der Waals surface area contributed by atoms with Gasteiger partial charge in [-0.2, -0.15) is 0 Å². The van der Waals surface area contributed by atoms with Crippen molar-refractivity contribution in [1.82, 2.24) is 9.88 Å². The second kappa shape index (κ2) is 6.49. The number of carbonyl (C=O) groups excluding carboxylic acids is 1. The first-order valence-corrected chi connectivity index (χ1v) is 9.62. The lowest BCUT2D eigenvalue weighted by Gasteiger charge is -2.46. The molecular formula is C21H28N2O2. The van der Waals surface area contributed by atoms with Crippen LogP contribution in [-0.4, -0.2) is 42.1 Å². The third-order valence-corrected chi connectivity index (χ3v) is 6.19. The van der Waals surface area contributed by atoms with Crippen LogP contribution in [0.3, 0.4) is 0 Å². The van der Waals surface area contributed by atoms with Crippen molar-refractivity contribution in [2.24, 2.45) is 5.92 Å². The maximum atomic E-state index is 12.3. The summed E-state index contributed by atoms with van der Waals surface area (Å²) in [6, 6.07) is 7.12. The molecule has 2 heterocycles. The topological polar surface area (TPSA) is 45.3 Å². The van der Waals surface area contributed by atoms with Crippen molar-refractivity contribution in [3.05, 3.63) is 35.0 Å². The highest BCUT2D eigenvalue weighted by Gasteiger charge is 2.43. The Bertz CT molecular complexity index is 795. The number of benzene rings is 1. The molecule has 2 aliphatic rings. The Balaban J connectivity index is 1.81. The third kappa shape index (κ3) is 2.58. The summed E-state index contributed by atoms with van der Waals surface area (Å²) in [4.78, 5) is 18.5. The van der Waals surface area contributed by atoms with Crippen LogP contribution in [0.15, 0.2) is 18.2 Å². The Hall–Kier alpha value is -1.81. The fourth-order valence-electron chi connectivity index (χ4n) is 5.14. The maximum absolute atomic E-state index is 12.3. The van der Waals surface area contributed by atoms with Gasteiger partial charge in [0.15, 0.2) is 0 Å². The van der Waals surface area contributed by atoms with E-state index < -0.39 is 0 Å². The zero-order valence-electron chi connectivity index (χ0n) is 15.5. The SMILES string of the molecule is CCCN1C[C@H](C(=O)OC)C[C@@H]2c3cccc4[nH]c(CC)c(c34)C[C@H]21. The molecule has 1 N–H and O–H groups in total. The number of hydrogen-bond acceptors (Lipinski definition) is 3. The van der Waals surface area contributed by atoms with Gasteiger partial charge in [0.05, 0.1) is 13.0 Å². The lowest BCUT2D eigenvalue weighted by atomic mass is 9.71. The van der Waals surface area contributed by atoms with Crippen molar-refractivity contribution in [3.8, 4) is 0 Å². The highest BCUT2D eigenvalue weighted by Crippen LogP contribution is 2.46. The fraction of sp³-hybridized carbons (Fsp3) is 0.571. The molecule has 1 aromatic heterocycles. The second-order valence-corrected chi connectivity index (χ2v) is 7.53. The molecule has 2 aromatic rings. The molecule has 0 radical (unpaired) electrons. The number of H-pyrrole nitrogens is 1. The van der Waals surface area contributed by atoms with Crippen molar-refractivity contribution >= 4 is 16.9 Å². The highest BCUT2D eigenvalue weighted by atomic mass is 16.5. The maximum Gasteiger partial charge on any atom is 0.309 e. The van der Waals surface area contributed by atoms with Gasteiger partial charge in [-0.1, -0.05) is 26.0 Å². The second-order valence-electron chi connectivity index (χ2n) is 7.53. The quantitative estimate of drug-likeness (QED) is 0.864. The Morgan fingerprint density at radius 1 is 1.36 bits per heavy atom. The number of fused-ring (bicyclic) bond motifs is 2. The van der Waals surface area contributed by atoms with E-state index in [1.54, 1.807) is 0 Å². The number of nitrogens with one attached hydrogen (secondary N) is 1. The number of rotatable bonds is 4. The molecule has 0 bridgehead atoms. The van der Waals surface area contributed by atoms with Crippen LogP contribution in [0.25, 0.3) is 10.9 Å². The first-order valence-electron chi connectivity index (χ1n) is 9.62. The van der Waals surface area contributed by atoms with Gasteiger partial charge in [0.2, 0.25) is 0 Å². The number of piperidine rings is 1. The molecule has 134 valence electrons. The van der Waals surface area contributed by atoms with E-state index in [4.69, 9.17) is 4.74 Å². The largest absolute Gasteiger partial charge is 0.469 e. The smallest absolute Gasteiger partial charge is 0.309 e. The molecule has 3 atom stereocenters. The number of aromatic amines is 1. The van der Waals surface area contributed by atoms with Crippen molar-refractivity contribution in [2.45, 2.75) is 51.5 Å². The van der Waals surface area contributed by atoms with Crippen LogP contribution in [0.5, 0.6) is 0 Å². The summed E-state index contributed by atoms with van der Waals surface area (Å²) in [6.07, 6.45) is 4.16. The van der Waals surface area contributed by atoms with E-state index in [2.05, 4.69) is 41.9 Å². The summed E-state index contributed by atoms with van der Waals surface area (Å²) in [5, 5.41) is 1.42. The number of esters is 1. The third-order valence-electron chi connectivity index (χ3n) is 6.19. The average Bonchev–Trinajstić information content (AvgIpc) is 3.01. The minimum atomic E-state index is -0.0548. The van der Waals surface area contributed by atoms with Gasteiger partial charge in [0.25, 0.3) is 0 Å². The van der Waals surface area contributed by atoms with Crippen molar-refractivity contribution in [3.63, 3.8) is 0 Å². The Kier molecular flexibility index (Phi) is 4.32. The molecule has 25 heavy (non-hydrogen) atoms. The number of likely N-dealkylation sites (tertiary alicyclic amines) is 1. The molecule has 1 aromatic carbocycles. The summed E-state index contributed by atoms with van der Waals surface area (Å²) in [7, 11) is 1.51. The summed E-state index contributed by atoms with van der Waals surface area (Å²) in [6.45, 7) is 6.33. The molecule has 4 rings (SSSR count). The molecule has 1 fully saturated rings. The first kappa shape index (κ1) is 16.6. The molecule has 4 heteroatoms. The Labute approximate surface area is 149 Å². The Morgan fingerprint density at radius 2 is 2.20 bits per heavy atom. The van der Waals surface area contributed by atoms with Crippen LogP contribution in [-0.2, 0) is 22.4 Å².